The van der Waals surface area contributed by atoms with Crippen molar-refractivity contribution in [2.75, 3.05) is 31.9 Å². The normalized spacial score (nSPS) is 11.4. The van der Waals surface area contributed by atoms with Crippen LogP contribution in [-0.4, -0.2) is 51.1 Å². The summed E-state index contributed by atoms with van der Waals surface area (Å²) in [5.41, 5.74) is 1.48. The zero-order valence-corrected chi connectivity index (χ0v) is 21.5. The van der Waals surface area contributed by atoms with Gasteiger partial charge in [0.2, 0.25) is 19.3 Å². The van der Waals surface area contributed by atoms with Crippen molar-refractivity contribution in [2.45, 2.75) is 17.7 Å². The molecule has 1 aromatic heterocycles. The number of rotatable bonds is 11. The quantitative estimate of drug-likeness (QED) is 0.171. The second-order valence-corrected chi connectivity index (χ2v) is 10.7. The highest BCUT2D eigenvalue weighted by molar-refractivity contribution is 7.92. The molecule has 3 aromatic rings. The van der Waals surface area contributed by atoms with Crippen molar-refractivity contribution in [3.8, 4) is 23.3 Å². The SMILES string of the molecule is COc1cc(/C=C(/C#N)C(=O)Nc2nnc(S(C)(=O)=O)s2)ccc1OCCCOc1ccc(C)cc1. The van der Waals surface area contributed by atoms with Crippen LogP contribution in [0.5, 0.6) is 17.2 Å². The number of aromatic nitrogens is 2. The molecule has 0 saturated carbocycles. The maximum Gasteiger partial charge on any atom is 0.268 e. The molecule has 0 saturated heterocycles. The summed E-state index contributed by atoms with van der Waals surface area (Å²) in [6.45, 7) is 2.91. The van der Waals surface area contributed by atoms with E-state index in [2.05, 4.69) is 15.5 Å². The fourth-order valence-electron chi connectivity index (χ4n) is 2.85. The molecule has 12 heteroatoms. The lowest BCUT2D eigenvalue weighted by Gasteiger charge is -2.12. The summed E-state index contributed by atoms with van der Waals surface area (Å²) in [5.74, 6) is 0.994. The predicted octanol–water partition coefficient (Wildman–Crippen LogP) is 3.65. The van der Waals surface area contributed by atoms with Crippen molar-refractivity contribution in [1.29, 1.82) is 5.26 Å². The summed E-state index contributed by atoms with van der Waals surface area (Å²) >= 11 is 0.696. The first-order valence-corrected chi connectivity index (χ1v) is 13.4. The number of benzene rings is 2. The Bertz CT molecular complexity index is 1390. The Hall–Kier alpha value is -3.95. The number of aryl methyl sites for hydroxylation is 1. The van der Waals surface area contributed by atoms with Crippen LogP contribution in [0, 0.1) is 18.3 Å². The lowest BCUT2D eigenvalue weighted by Crippen LogP contribution is -2.13. The van der Waals surface area contributed by atoms with Gasteiger partial charge >= 0.3 is 0 Å². The standard InChI is InChI=1S/C24H24N4O6S2/c1-16-5-8-19(9-6-16)33-11-4-12-34-20-10-7-17(14-21(20)32-2)13-18(15-25)22(29)26-23-27-28-24(35-23)36(3,30)31/h5-10,13-14H,4,11-12H2,1-3H3,(H,26,27,29)/b18-13-. The fourth-order valence-corrected chi connectivity index (χ4v) is 4.35. The Balaban J connectivity index is 1.59. The van der Waals surface area contributed by atoms with Crippen molar-refractivity contribution >= 4 is 38.3 Å². The molecule has 0 fully saturated rings. The van der Waals surface area contributed by atoms with E-state index in [1.807, 2.05) is 37.3 Å². The molecular weight excluding hydrogens is 504 g/mol. The molecule has 0 unspecified atom stereocenters. The monoisotopic (exact) mass is 528 g/mol. The van der Waals surface area contributed by atoms with Gasteiger partial charge in [0.15, 0.2) is 11.5 Å². The molecule has 0 aliphatic rings. The molecule has 1 heterocycles. The first kappa shape index (κ1) is 26.7. The van der Waals surface area contributed by atoms with Crippen LogP contribution in [0.4, 0.5) is 5.13 Å². The van der Waals surface area contributed by atoms with Crippen LogP contribution >= 0.6 is 11.3 Å². The van der Waals surface area contributed by atoms with Gasteiger partial charge in [-0.05, 0) is 42.8 Å². The van der Waals surface area contributed by atoms with Crippen LogP contribution in [-0.2, 0) is 14.6 Å². The summed E-state index contributed by atoms with van der Waals surface area (Å²) in [5, 5.41) is 18.9. The highest BCUT2D eigenvalue weighted by Crippen LogP contribution is 2.29. The van der Waals surface area contributed by atoms with Gasteiger partial charge in [-0.3, -0.25) is 10.1 Å². The number of carbonyl (C=O) groups excluding carboxylic acids is 1. The topological polar surface area (TPSA) is 140 Å². The average molecular weight is 529 g/mol. The van der Waals surface area contributed by atoms with Crippen LogP contribution < -0.4 is 19.5 Å². The fraction of sp³-hybridized carbons (Fsp3) is 0.250. The molecule has 0 bridgehead atoms. The summed E-state index contributed by atoms with van der Waals surface area (Å²) < 4.78 is 39.7. The van der Waals surface area contributed by atoms with E-state index in [1.165, 1.54) is 18.7 Å². The molecule has 2 aromatic carbocycles. The first-order chi connectivity index (χ1) is 17.2. The smallest absolute Gasteiger partial charge is 0.268 e. The molecule has 36 heavy (non-hydrogen) atoms. The number of nitriles is 1. The summed E-state index contributed by atoms with van der Waals surface area (Å²) in [4.78, 5) is 12.5. The molecule has 0 aliphatic carbocycles. The number of sulfone groups is 1. The third-order valence-corrected chi connectivity index (χ3v) is 7.15. The lowest BCUT2D eigenvalue weighted by atomic mass is 10.1. The number of methoxy groups -OCH3 is 1. The Labute approximate surface area is 213 Å². The van der Waals surface area contributed by atoms with Gasteiger partial charge in [0.1, 0.15) is 17.4 Å². The minimum absolute atomic E-state index is 0.0331. The van der Waals surface area contributed by atoms with E-state index in [1.54, 1.807) is 18.2 Å². The number of nitrogens with one attached hydrogen (secondary N) is 1. The van der Waals surface area contributed by atoms with Gasteiger partial charge < -0.3 is 14.2 Å². The molecule has 1 N–H and O–H groups in total. The van der Waals surface area contributed by atoms with Crippen LogP contribution in [0.3, 0.4) is 0 Å². The average Bonchev–Trinajstić information content (AvgIpc) is 3.33. The Morgan fingerprint density at radius 3 is 2.47 bits per heavy atom. The first-order valence-electron chi connectivity index (χ1n) is 10.7. The second-order valence-electron chi connectivity index (χ2n) is 7.54. The number of anilines is 1. The number of ether oxygens (including phenoxy) is 3. The van der Waals surface area contributed by atoms with E-state index in [-0.39, 0.29) is 15.0 Å². The van der Waals surface area contributed by atoms with Crippen molar-refractivity contribution in [3.63, 3.8) is 0 Å². The Morgan fingerprint density at radius 2 is 1.83 bits per heavy atom. The van der Waals surface area contributed by atoms with Crippen LogP contribution in [0.1, 0.15) is 17.5 Å². The minimum Gasteiger partial charge on any atom is -0.493 e. The molecule has 3 rings (SSSR count). The zero-order chi connectivity index (χ0) is 26.1. The number of amides is 1. The van der Waals surface area contributed by atoms with Gasteiger partial charge in [-0.15, -0.1) is 10.2 Å². The van der Waals surface area contributed by atoms with Gasteiger partial charge in [0.25, 0.3) is 5.91 Å². The second kappa shape index (κ2) is 12.1. The third kappa shape index (κ3) is 7.53. The maximum atomic E-state index is 12.5. The van der Waals surface area contributed by atoms with Crippen molar-refractivity contribution in [3.05, 3.63) is 59.2 Å². The van der Waals surface area contributed by atoms with Crippen molar-refractivity contribution < 1.29 is 27.4 Å². The molecule has 10 nitrogen and oxygen atoms in total. The van der Waals surface area contributed by atoms with Crippen molar-refractivity contribution in [2.24, 2.45) is 0 Å². The molecule has 0 aliphatic heterocycles. The van der Waals surface area contributed by atoms with Gasteiger partial charge in [-0.1, -0.05) is 35.1 Å². The predicted molar refractivity (Wildman–Crippen MR) is 135 cm³/mol. The minimum atomic E-state index is -3.55. The Kier molecular flexibility index (Phi) is 8.99. The Morgan fingerprint density at radius 1 is 1.11 bits per heavy atom. The van der Waals surface area contributed by atoms with E-state index >= 15 is 0 Å². The molecule has 188 valence electrons. The lowest BCUT2D eigenvalue weighted by molar-refractivity contribution is -0.112. The van der Waals surface area contributed by atoms with E-state index in [0.29, 0.717) is 48.0 Å². The van der Waals surface area contributed by atoms with E-state index < -0.39 is 15.7 Å². The van der Waals surface area contributed by atoms with E-state index in [4.69, 9.17) is 14.2 Å². The van der Waals surface area contributed by atoms with Crippen LogP contribution in [0.2, 0.25) is 0 Å². The number of hydrogen-bond acceptors (Lipinski definition) is 10. The highest BCUT2D eigenvalue weighted by atomic mass is 32.2. The zero-order valence-electron chi connectivity index (χ0n) is 19.8. The van der Waals surface area contributed by atoms with Gasteiger partial charge in [0, 0.05) is 12.7 Å². The van der Waals surface area contributed by atoms with E-state index in [0.717, 1.165) is 12.0 Å². The van der Waals surface area contributed by atoms with Gasteiger partial charge in [-0.2, -0.15) is 5.26 Å². The molecular formula is C24H24N4O6S2. The largest absolute Gasteiger partial charge is 0.493 e. The summed E-state index contributed by atoms with van der Waals surface area (Å²) in [6.07, 6.45) is 3.01. The molecule has 0 atom stereocenters. The number of carbonyl (C=O) groups is 1. The highest BCUT2D eigenvalue weighted by Gasteiger charge is 2.17. The maximum absolute atomic E-state index is 12.5. The summed E-state index contributed by atoms with van der Waals surface area (Å²) in [6, 6.07) is 14.6. The molecule has 0 radical (unpaired) electrons. The van der Waals surface area contributed by atoms with Gasteiger partial charge in [-0.25, -0.2) is 8.42 Å². The van der Waals surface area contributed by atoms with Gasteiger partial charge in [0.05, 0.1) is 20.3 Å². The van der Waals surface area contributed by atoms with Crippen LogP contribution in [0.25, 0.3) is 6.08 Å². The van der Waals surface area contributed by atoms with Crippen molar-refractivity contribution in [1.82, 2.24) is 10.2 Å². The van der Waals surface area contributed by atoms with E-state index in [9.17, 15) is 18.5 Å². The summed E-state index contributed by atoms with van der Waals surface area (Å²) in [7, 11) is -2.06. The number of nitrogens with zero attached hydrogens (tertiary/aromatic N) is 3. The van der Waals surface area contributed by atoms with Crippen LogP contribution in [0.15, 0.2) is 52.4 Å². The molecule has 0 spiro atoms. The number of hydrogen-bond donors (Lipinski definition) is 1. The molecule has 1 amide bonds. The third-order valence-electron chi connectivity index (χ3n) is 4.64.